The number of hydrogen-bond donors (Lipinski definition) is 2. The van der Waals surface area contributed by atoms with Crippen molar-refractivity contribution in [2.45, 2.75) is 39.3 Å². The van der Waals surface area contributed by atoms with Crippen LogP contribution in [0.2, 0.25) is 5.15 Å². The highest BCUT2D eigenvalue weighted by molar-refractivity contribution is 6.32. The van der Waals surface area contributed by atoms with Gasteiger partial charge in [-0.2, -0.15) is 27.9 Å². The Labute approximate surface area is 193 Å². The van der Waals surface area contributed by atoms with Crippen LogP contribution >= 0.6 is 11.6 Å². The van der Waals surface area contributed by atoms with Crippen molar-refractivity contribution in [3.05, 3.63) is 51.2 Å². The molecule has 3 aromatic heterocycles. The fourth-order valence-corrected chi connectivity index (χ4v) is 2.86. The normalized spacial score (nSPS) is 12.5. The third-order valence-electron chi connectivity index (χ3n) is 4.44. The number of aromatic nitrogens is 6. The highest BCUT2D eigenvalue weighted by Crippen LogP contribution is 2.29. The number of nitrogens with zero attached hydrogens (tertiary/aromatic N) is 6. The number of hydrogen-bond acceptors (Lipinski definition) is 8. The molecule has 34 heavy (non-hydrogen) atoms. The summed E-state index contributed by atoms with van der Waals surface area (Å²) in [5, 5.41) is 22.1. The maximum Gasteiger partial charge on any atom is 0.425 e. The van der Waals surface area contributed by atoms with Gasteiger partial charge in [-0.3, -0.25) is 9.36 Å². The van der Waals surface area contributed by atoms with Crippen molar-refractivity contribution < 1.29 is 32.2 Å². The van der Waals surface area contributed by atoms with E-state index >= 15 is 0 Å². The summed E-state index contributed by atoms with van der Waals surface area (Å²) in [5.41, 5.74) is -1.71. The molecule has 2 N–H and O–H groups in total. The van der Waals surface area contributed by atoms with E-state index in [0.29, 0.717) is 17.7 Å². The van der Waals surface area contributed by atoms with Gasteiger partial charge in [-0.25, -0.2) is 9.18 Å². The van der Waals surface area contributed by atoms with E-state index in [1.807, 2.05) is 0 Å². The molecule has 0 unspecified atom stereocenters. The van der Waals surface area contributed by atoms with Crippen LogP contribution in [0.1, 0.15) is 30.0 Å². The van der Waals surface area contributed by atoms with Gasteiger partial charge in [-0.15, -0.1) is 10.2 Å². The van der Waals surface area contributed by atoms with Gasteiger partial charge in [0.1, 0.15) is 12.2 Å². The van der Waals surface area contributed by atoms with Crippen molar-refractivity contribution in [2.75, 3.05) is 5.32 Å². The topological polar surface area (TPSA) is 137 Å². The molecule has 0 saturated heterocycles. The van der Waals surface area contributed by atoms with Crippen LogP contribution in [0.5, 0.6) is 5.88 Å². The van der Waals surface area contributed by atoms with Crippen LogP contribution in [0.25, 0.3) is 5.82 Å². The van der Waals surface area contributed by atoms with Crippen LogP contribution in [0.15, 0.2) is 23.1 Å². The molecule has 0 fully saturated rings. The first-order chi connectivity index (χ1) is 16.0. The van der Waals surface area contributed by atoms with Crippen molar-refractivity contribution in [1.29, 1.82) is 0 Å². The minimum atomic E-state index is -4.85. The molecule has 182 valence electrons. The fourth-order valence-electron chi connectivity index (χ4n) is 2.71. The average molecular weight is 506 g/mol. The van der Waals surface area contributed by atoms with Gasteiger partial charge in [0, 0.05) is 6.54 Å². The number of carbonyl (C=O) groups is 1. The standard InChI is InChI=1S/C18H16ClF4N7O4/c1-3-29-12(7-31)28-30(17(29)33)14-10(20)6-9(16(26-14)34-8(2)18(21,22)23)15(32)25-11-4-5-24-27-13(11)19/h4-6,8,31H,3,7H2,1-2H3,(H,24,25,32)/t8-/m0/s1. The lowest BCUT2D eigenvalue weighted by atomic mass is 10.2. The van der Waals surface area contributed by atoms with Crippen LogP contribution in [0.3, 0.4) is 0 Å². The number of aliphatic hydroxyl groups is 1. The van der Waals surface area contributed by atoms with Gasteiger partial charge in [0.2, 0.25) is 5.88 Å². The van der Waals surface area contributed by atoms with Crippen molar-refractivity contribution in [2.24, 2.45) is 0 Å². The summed E-state index contributed by atoms with van der Waals surface area (Å²) < 4.78 is 60.6. The summed E-state index contributed by atoms with van der Waals surface area (Å²) in [4.78, 5) is 28.9. The first kappa shape index (κ1) is 25.0. The van der Waals surface area contributed by atoms with E-state index in [-0.39, 0.29) is 23.2 Å². The number of amides is 1. The largest absolute Gasteiger partial charge is 0.464 e. The zero-order chi connectivity index (χ0) is 25.2. The second-order valence-electron chi connectivity index (χ2n) is 6.65. The SMILES string of the molecule is CCn1c(CO)nn(-c2nc(O[C@@H](C)C(F)(F)F)c(C(=O)Nc3ccnnc3Cl)cc2F)c1=O. The lowest BCUT2D eigenvalue weighted by Gasteiger charge is -2.19. The number of nitrogens with one attached hydrogen (secondary N) is 1. The lowest BCUT2D eigenvalue weighted by Crippen LogP contribution is -2.33. The maximum absolute atomic E-state index is 15.0. The molecule has 1 amide bonds. The Bertz CT molecular complexity index is 1280. The van der Waals surface area contributed by atoms with Crippen molar-refractivity contribution in [3.63, 3.8) is 0 Å². The zero-order valence-electron chi connectivity index (χ0n) is 17.5. The van der Waals surface area contributed by atoms with Crippen molar-refractivity contribution in [1.82, 2.24) is 29.5 Å². The Balaban J connectivity index is 2.14. The van der Waals surface area contributed by atoms with Gasteiger partial charge in [-0.1, -0.05) is 11.6 Å². The first-order valence-corrected chi connectivity index (χ1v) is 9.88. The quantitative estimate of drug-likeness (QED) is 0.466. The van der Waals surface area contributed by atoms with Crippen LogP contribution in [-0.2, 0) is 13.2 Å². The summed E-state index contributed by atoms with van der Waals surface area (Å²) in [6.45, 7) is 1.60. The van der Waals surface area contributed by atoms with Crippen molar-refractivity contribution in [3.8, 4) is 11.7 Å². The molecule has 0 saturated carbocycles. The Hall–Kier alpha value is -3.59. The van der Waals surface area contributed by atoms with E-state index in [4.69, 9.17) is 16.3 Å². The second-order valence-corrected chi connectivity index (χ2v) is 7.01. The van der Waals surface area contributed by atoms with E-state index < -0.39 is 53.6 Å². The number of carbonyl (C=O) groups excluding carboxylic acids is 1. The number of rotatable bonds is 7. The average Bonchev–Trinajstić information content (AvgIpc) is 3.10. The van der Waals surface area contributed by atoms with Crippen LogP contribution in [0.4, 0.5) is 23.2 Å². The Morgan fingerprint density at radius 3 is 2.65 bits per heavy atom. The molecule has 0 radical (unpaired) electrons. The molecule has 3 rings (SSSR count). The van der Waals surface area contributed by atoms with E-state index in [1.165, 1.54) is 12.3 Å². The van der Waals surface area contributed by atoms with E-state index in [1.54, 1.807) is 6.92 Å². The fraction of sp³-hybridized carbons (Fsp3) is 0.333. The summed E-state index contributed by atoms with van der Waals surface area (Å²) in [6.07, 6.45) is -6.12. The van der Waals surface area contributed by atoms with Crippen LogP contribution < -0.4 is 15.7 Å². The van der Waals surface area contributed by atoms with Gasteiger partial charge in [0.15, 0.2) is 28.7 Å². The second kappa shape index (κ2) is 9.72. The summed E-state index contributed by atoms with van der Waals surface area (Å²) in [7, 11) is 0. The molecule has 0 aliphatic heterocycles. The lowest BCUT2D eigenvalue weighted by molar-refractivity contribution is -0.190. The van der Waals surface area contributed by atoms with Gasteiger partial charge in [0.05, 0.1) is 11.9 Å². The third-order valence-corrected chi connectivity index (χ3v) is 4.72. The smallest absolute Gasteiger partial charge is 0.425 e. The minimum absolute atomic E-state index is 0.0615. The molecule has 0 bridgehead atoms. The number of alkyl halides is 3. The summed E-state index contributed by atoms with van der Waals surface area (Å²) >= 11 is 5.81. The van der Waals surface area contributed by atoms with Crippen LogP contribution in [0, 0.1) is 5.82 Å². The molecular formula is C18H16ClF4N7O4. The molecule has 0 aliphatic rings. The molecule has 11 nitrogen and oxygen atoms in total. The minimum Gasteiger partial charge on any atom is -0.464 e. The molecular weight excluding hydrogens is 490 g/mol. The predicted octanol–water partition coefficient (Wildman–Crippen LogP) is 2.11. The Morgan fingerprint density at radius 2 is 2.09 bits per heavy atom. The predicted molar refractivity (Wildman–Crippen MR) is 108 cm³/mol. The maximum atomic E-state index is 15.0. The molecule has 0 aliphatic carbocycles. The summed E-state index contributed by atoms with van der Waals surface area (Å²) in [5.74, 6) is -4.30. The number of anilines is 1. The summed E-state index contributed by atoms with van der Waals surface area (Å²) in [6, 6.07) is 1.78. The van der Waals surface area contributed by atoms with E-state index in [0.717, 1.165) is 4.57 Å². The number of aliphatic hydroxyl groups excluding tert-OH is 1. The van der Waals surface area contributed by atoms with E-state index in [2.05, 4.69) is 25.6 Å². The van der Waals surface area contributed by atoms with Gasteiger partial charge < -0.3 is 15.2 Å². The molecule has 3 heterocycles. The molecule has 1 atom stereocenters. The molecule has 3 aromatic rings. The highest BCUT2D eigenvalue weighted by atomic mass is 35.5. The van der Waals surface area contributed by atoms with Crippen LogP contribution in [-0.4, -0.2) is 52.8 Å². The van der Waals surface area contributed by atoms with Gasteiger partial charge in [-0.05, 0) is 26.0 Å². The Kier molecular flexibility index (Phi) is 7.16. The molecule has 16 heteroatoms. The van der Waals surface area contributed by atoms with E-state index in [9.17, 15) is 32.3 Å². The Morgan fingerprint density at radius 1 is 1.38 bits per heavy atom. The molecule has 0 spiro atoms. The zero-order valence-corrected chi connectivity index (χ0v) is 18.2. The number of halogens is 5. The first-order valence-electron chi connectivity index (χ1n) is 9.50. The third kappa shape index (κ3) is 4.99. The van der Waals surface area contributed by atoms with Gasteiger partial charge >= 0.3 is 11.9 Å². The van der Waals surface area contributed by atoms with Crippen molar-refractivity contribution >= 4 is 23.2 Å². The number of ether oxygens (including phenoxy) is 1. The monoisotopic (exact) mass is 505 g/mol. The number of pyridine rings is 1. The highest BCUT2D eigenvalue weighted by Gasteiger charge is 2.39. The molecule has 0 aromatic carbocycles. The van der Waals surface area contributed by atoms with Gasteiger partial charge in [0.25, 0.3) is 5.91 Å².